The van der Waals surface area contributed by atoms with Gasteiger partial charge in [0.2, 0.25) is 0 Å². The van der Waals surface area contributed by atoms with Gasteiger partial charge in [-0.1, -0.05) is 0 Å². The van der Waals surface area contributed by atoms with Crippen molar-refractivity contribution >= 4 is 0 Å². The van der Waals surface area contributed by atoms with Crippen LogP contribution >= 0.6 is 0 Å². The van der Waals surface area contributed by atoms with Gasteiger partial charge in [0.25, 0.3) is 0 Å². The van der Waals surface area contributed by atoms with E-state index in [1.165, 1.54) is 0 Å². The van der Waals surface area contributed by atoms with Crippen molar-refractivity contribution in [2.24, 2.45) is 0 Å². The Hall–Kier alpha value is -1.59. The maximum absolute atomic E-state index is 8.77. The molecule has 5 heteroatoms. The lowest BCUT2D eigenvalue weighted by Gasteiger charge is -2.00. The summed E-state index contributed by atoms with van der Waals surface area (Å²) < 4.78 is 7.18. The summed E-state index contributed by atoms with van der Waals surface area (Å²) in [6, 6.07) is 3.92. The van der Waals surface area contributed by atoms with E-state index >= 15 is 0 Å². The van der Waals surface area contributed by atoms with Gasteiger partial charge < -0.3 is 14.8 Å². The van der Waals surface area contributed by atoms with Crippen LogP contribution in [0.3, 0.4) is 0 Å². The summed E-state index contributed by atoms with van der Waals surface area (Å²) in [7, 11) is 0. The van der Waals surface area contributed by atoms with Gasteiger partial charge in [-0.2, -0.15) is 5.10 Å². The third-order valence-electron chi connectivity index (χ3n) is 2.44. The fraction of sp³-hybridized carbons (Fsp3) is 0.417. The van der Waals surface area contributed by atoms with E-state index in [9.17, 15) is 0 Å². The first-order valence-corrected chi connectivity index (χ1v) is 5.66. The van der Waals surface area contributed by atoms with Crippen molar-refractivity contribution in [1.29, 1.82) is 0 Å². The molecule has 17 heavy (non-hydrogen) atoms. The zero-order valence-corrected chi connectivity index (χ0v) is 9.89. The van der Waals surface area contributed by atoms with E-state index < -0.39 is 0 Å². The molecule has 0 radical (unpaired) electrons. The van der Waals surface area contributed by atoms with Gasteiger partial charge in [-0.15, -0.1) is 0 Å². The molecule has 0 aliphatic rings. The van der Waals surface area contributed by atoms with Crippen LogP contribution in [0.4, 0.5) is 0 Å². The Bertz CT molecular complexity index is 462. The lowest BCUT2D eigenvalue weighted by molar-refractivity contribution is 0.269. The normalized spacial score (nSPS) is 10.9. The molecular formula is C12H17N3O2. The Balaban J connectivity index is 1.77. The predicted molar refractivity (Wildman–Crippen MR) is 63.3 cm³/mol. The third-order valence-corrected chi connectivity index (χ3v) is 2.44. The molecule has 92 valence electrons. The van der Waals surface area contributed by atoms with Crippen molar-refractivity contribution in [3.8, 4) is 0 Å². The predicted octanol–water partition coefficient (Wildman–Crippen LogP) is 1.07. The molecular weight excluding hydrogens is 218 g/mol. The lowest BCUT2D eigenvalue weighted by atomic mass is 10.3. The molecule has 2 aromatic heterocycles. The SMILES string of the molecule is Cc1ccc(CNCc2cnn(CCO)c2)o1. The third kappa shape index (κ3) is 3.44. The van der Waals surface area contributed by atoms with E-state index in [1.54, 1.807) is 10.9 Å². The molecule has 0 aliphatic heterocycles. The molecule has 0 unspecified atom stereocenters. The first kappa shape index (κ1) is 11.9. The van der Waals surface area contributed by atoms with Crippen LogP contribution in [0.2, 0.25) is 0 Å². The summed E-state index contributed by atoms with van der Waals surface area (Å²) in [4.78, 5) is 0. The average Bonchev–Trinajstić information content (AvgIpc) is 2.89. The van der Waals surface area contributed by atoms with E-state index in [2.05, 4.69) is 10.4 Å². The fourth-order valence-corrected chi connectivity index (χ4v) is 1.63. The molecule has 2 N–H and O–H groups in total. The van der Waals surface area contributed by atoms with E-state index in [-0.39, 0.29) is 6.61 Å². The van der Waals surface area contributed by atoms with Crippen molar-refractivity contribution in [3.05, 3.63) is 41.6 Å². The second-order valence-electron chi connectivity index (χ2n) is 3.95. The minimum Gasteiger partial charge on any atom is -0.465 e. The van der Waals surface area contributed by atoms with Crippen LogP contribution < -0.4 is 5.32 Å². The zero-order valence-electron chi connectivity index (χ0n) is 9.89. The van der Waals surface area contributed by atoms with E-state index in [0.717, 1.165) is 23.6 Å². The van der Waals surface area contributed by atoms with Crippen molar-refractivity contribution < 1.29 is 9.52 Å². The van der Waals surface area contributed by atoms with Gasteiger partial charge in [0.15, 0.2) is 0 Å². The highest BCUT2D eigenvalue weighted by atomic mass is 16.3. The fourth-order valence-electron chi connectivity index (χ4n) is 1.63. The van der Waals surface area contributed by atoms with Crippen molar-refractivity contribution in [2.45, 2.75) is 26.6 Å². The van der Waals surface area contributed by atoms with Crippen LogP contribution in [0.15, 0.2) is 28.9 Å². The Labute approximate surface area is 100 Å². The second kappa shape index (κ2) is 5.65. The Morgan fingerprint density at radius 3 is 3.00 bits per heavy atom. The Kier molecular flexibility index (Phi) is 3.95. The number of aromatic nitrogens is 2. The van der Waals surface area contributed by atoms with Gasteiger partial charge in [0.05, 0.1) is 25.9 Å². The standard InChI is InChI=1S/C12H17N3O2/c1-10-2-3-12(17-10)8-13-6-11-7-14-15(9-11)4-5-16/h2-3,7,9,13,16H,4-6,8H2,1H3. The number of aliphatic hydroxyl groups is 1. The Morgan fingerprint density at radius 1 is 1.41 bits per heavy atom. The molecule has 0 saturated carbocycles. The maximum Gasteiger partial charge on any atom is 0.117 e. The minimum atomic E-state index is 0.111. The number of nitrogens with one attached hydrogen (secondary N) is 1. The number of nitrogens with zero attached hydrogens (tertiary/aromatic N) is 2. The summed E-state index contributed by atoms with van der Waals surface area (Å²) in [6.07, 6.45) is 3.73. The molecule has 0 aromatic carbocycles. The van der Waals surface area contributed by atoms with E-state index in [4.69, 9.17) is 9.52 Å². The highest BCUT2D eigenvalue weighted by molar-refractivity contribution is 5.06. The Morgan fingerprint density at radius 2 is 2.29 bits per heavy atom. The molecule has 0 atom stereocenters. The molecule has 2 heterocycles. The first-order chi connectivity index (χ1) is 8.28. The summed E-state index contributed by atoms with van der Waals surface area (Å²) in [6.45, 7) is 4.03. The first-order valence-electron chi connectivity index (χ1n) is 5.66. The summed E-state index contributed by atoms with van der Waals surface area (Å²) >= 11 is 0. The molecule has 0 aliphatic carbocycles. The number of furan rings is 1. The molecule has 5 nitrogen and oxygen atoms in total. The zero-order chi connectivity index (χ0) is 12.1. The van der Waals surface area contributed by atoms with Crippen LogP contribution in [0.1, 0.15) is 17.1 Å². The summed E-state index contributed by atoms with van der Waals surface area (Å²) in [5.41, 5.74) is 1.10. The van der Waals surface area contributed by atoms with Gasteiger partial charge in [0, 0.05) is 18.3 Å². The molecule has 0 saturated heterocycles. The van der Waals surface area contributed by atoms with Crippen LogP contribution in [0, 0.1) is 6.92 Å². The largest absolute Gasteiger partial charge is 0.465 e. The molecule has 0 spiro atoms. The molecule has 0 bridgehead atoms. The van der Waals surface area contributed by atoms with Gasteiger partial charge in [-0.05, 0) is 19.1 Å². The summed E-state index contributed by atoms with van der Waals surface area (Å²) in [5.74, 6) is 1.86. The topological polar surface area (TPSA) is 63.2 Å². The van der Waals surface area contributed by atoms with E-state index in [0.29, 0.717) is 13.1 Å². The number of hydrogen-bond acceptors (Lipinski definition) is 4. The monoisotopic (exact) mass is 235 g/mol. The van der Waals surface area contributed by atoms with E-state index in [1.807, 2.05) is 25.3 Å². The number of aryl methyl sites for hydroxylation is 1. The molecule has 2 aromatic rings. The van der Waals surface area contributed by atoms with Crippen molar-refractivity contribution in [2.75, 3.05) is 6.61 Å². The van der Waals surface area contributed by atoms with Crippen LogP contribution in [-0.2, 0) is 19.6 Å². The van der Waals surface area contributed by atoms with Crippen LogP contribution in [-0.4, -0.2) is 21.5 Å². The molecule has 0 amide bonds. The lowest BCUT2D eigenvalue weighted by Crippen LogP contribution is -2.11. The van der Waals surface area contributed by atoms with Crippen LogP contribution in [0.5, 0.6) is 0 Å². The van der Waals surface area contributed by atoms with Gasteiger partial charge >= 0.3 is 0 Å². The van der Waals surface area contributed by atoms with Gasteiger partial charge in [-0.3, -0.25) is 4.68 Å². The quantitative estimate of drug-likeness (QED) is 0.786. The highest BCUT2D eigenvalue weighted by Gasteiger charge is 2.00. The second-order valence-corrected chi connectivity index (χ2v) is 3.95. The maximum atomic E-state index is 8.77. The minimum absolute atomic E-state index is 0.111. The number of hydrogen-bond donors (Lipinski definition) is 2. The van der Waals surface area contributed by atoms with Gasteiger partial charge in [-0.25, -0.2) is 0 Å². The van der Waals surface area contributed by atoms with Gasteiger partial charge in [0.1, 0.15) is 11.5 Å². The number of aliphatic hydroxyl groups excluding tert-OH is 1. The van der Waals surface area contributed by atoms with Crippen LogP contribution in [0.25, 0.3) is 0 Å². The van der Waals surface area contributed by atoms with Crippen molar-refractivity contribution in [3.63, 3.8) is 0 Å². The number of rotatable bonds is 6. The van der Waals surface area contributed by atoms with Crippen molar-refractivity contribution in [1.82, 2.24) is 15.1 Å². The molecule has 2 rings (SSSR count). The molecule has 0 fully saturated rings. The summed E-state index contributed by atoms with van der Waals surface area (Å²) in [5, 5.41) is 16.2. The average molecular weight is 235 g/mol. The smallest absolute Gasteiger partial charge is 0.117 e. The highest BCUT2D eigenvalue weighted by Crippen LogP contribution is 2.06.